The van der Waals surface area contributed by atoms with Gasteiger partial charge in [0.15, 0.2) is 5.11 Å². The van der Waals surface area contributed by atoms with Crippen LogP contribution in [0, 0.1) is 5.82 Å². The Kier molecular flexibility index (Phi) is 4.09. The van der Waals surface area contributed by atoms with Crippen molar-refractivity contribution in [3.05, 3.63) is 41.3 Å². The fourth-order valence-electron chi connectivity index (χ4n) is 1.63. The highest BCUT2D eigenvalue weighted by molar-refractivity contribution is 7.80. The number of thiocarbonyl (C=S) groups is 1. The minimum absolute atomic E-state index is 0.133. The molecule has 1 aliphatic rings. The number of hydrogen-bond acceptors (Lipinski definition) is 4. The van der Waals surface area contributed by atoms with Crippen molar-refractivity contribution in [3.63, 3.8) is 0 Å². The Morgan fingerprint density at radius 2 is 2.10 bits per heavy atom. The summed E-state index contributed by atoms with van der Waals surface area (Å²) in [6.07, 6.45) is 1.53. The molecular formula is C13H11FN2O3S. The number of methoxy groups -OCH3 is 1. The maximum Gasteiger partial charge on any atom is 0.325 e. The number of nitrogens with zero attached hydrogens (tertiary/aromatic N) is 1. The van der Waals surface area contributed by atoms with E-state index in [1.807, 2.05) is 0 Å². The van der Waals surface area contributed by atoms with Crippen molar-refractivity contribution >= 4 is 35.3 Å². The number of rotatable bonds is 3. The zero-order valence-electron chi connectivity index (χ0n) is 10.6. The van der Waals surface area contributed by atoms with E-state index in [9.17, 15) is 14.0 Å². The van der Waals surface area contributed by atoms with Gasteiger partial charge in [0.25, 0.3) is 5.91 Å². The van der Waals surface area contributed by atoms with Crippen LogP contribution in [0.25, 0.3) is 6.08 Å². The molecule has 0 unspecified atom stereocenters. The van der Waals surface area contributed by atoms with Crippen LogP contribution in [0.3, 0.4) is 0 Å². The van der Waals surface area contributed by atoms with Gasteiger partial charge in [-0.15, -0.1) is 0 Å². The van der Waals surface area contributed by atoms with Crippen LogP contribution in [0.5, 0.6) is 0 Å². The molecule has 1 aromatic rings. The predicted molar refractivity (Wildman–Crippen MR) is 73.8 cm³/mol. The number of ether oxygens (including phenoxy) is 1. The summed E-state index contributed by atoms with van der Waals surface area (Å²) in [5.74, 6) is -1.35. The van der Waals surface area contributed by atoms with Crippen molar-refractivity contribution in [2.75, 3.05) is 13.7 Å². The van der Waals surface area contributed by atoms with Crippen LogP contribution in [0.4, 0.5) is 4.39 Å². The highest BCUT2D eigenvalue weighted by atomic mass is 32.1. The second-order valence-electron chi connectivity index (χ2n) is 4.01. The summed E-state index contributed by atoms with van der Waals surface area (Å²) in [5, 5.41) is 2.85. The molecule has 1 saturated heterocycles. The molecule has 1 N–H and O–H groups in total. The van der Waals surface area contributed by atoms with Gasteiger partial charge < -0.3 is 10.1 Å². The fourth-order valence-corrected chi connectivity index (χ4v) is 1.89. The second-order valence-corrected chi connectivity index (χ2v) is 4.39. The summed E-state index contributed by atoms with van der Waals surface area (Å²) in [6.45, 7) is -0.248. The molecule has 0 aliphatic carbocycles. The smallest absolute Gasteiger partial charge is 0.325 e. The first-order valence-electron chi connectivity index (χ1n) is 5.68. The summed E-state index contributed by atoms with van der Waals surface area (Å²) >= 11 is 4.98. The topological polar surface area (TPSA) is 58.6 Å². The van der Waals surface area contributed by atoms with Crippen molar-refractivity contribution in [1.82, 2.24) is 10.2 Å². The molecule has 1 heterocycles. The lowest BCUT2D eigenvalue weighted by atomic mass is 10.2. The van der Waals surface area contributed by atoms with E-state index in [4.69, 9.17) is 12.2 Å². The summed E-state index contributed by atoms with van der Waals surface area (Å²) < 4.78 is 17.3. The first kappa shape index (κ1) is 14.1. The van der Waals surface area contributed by atoms with Crippen molar-refractivity contribution in [1.29, 1.82) is 0 Å². The highest BCUT2D eigenvalue weighted by Gasteiger charge is 2.32. The van der Waals surface area contributed by atoms with Crippen LogP contribution in [-0.2, 0) is 14.3 Å². The van der Waals surface area contributed by atoms with Gasteiger partial charge in [0.2, 0.25) is 0 Å². The Morgan fingerprint density at radius 1 is 1.45 bits per heavy atom. The maximum atomic E-state index is 12.8. The number of amides is 1. The average Bonchev–Trinajstić information content (AvgIpc) is 2.69. The SMILES string of the molecule is COC(=O)CN1C(=O)/C(=C/c2ccc(F)cc2)NC1=S. The molecular weight excluding hydrogens is 283 g/mol. The van der Waals surface area contributed by atoms with Crippen molar-refractivity contribution in [2.24, 2.45) is 0 Å². The van der Waals surface area contributed by atoms with Gasteiger partial charge in [0.05, 0.1) is 7.11 Å². The van der Waals surface area contributed by atoms with Crippen molar-refractivity contribution in [3.8, 4) is 0 Å². The zero-order valence-corrected chi connectivity index (χ0v) is 11.4. The van der Waals surface area contributed by atoms with Gasteiger partial charge in [0.1, 0.15) is 18.1 Å². The Labute approximate surface area is 120 Å². The predicted octanol–water partition coefficient (Wildman–Crippen LogP) is 1.06. The molecule has 1 fully saturated rings. The molecule has 20 heavy (non-hydrogen) atoms. The monoisotopic (exact) mass is 294 g/mol. The first-order valence-corrected chi connectivity index (χ1v) is 6.09. The summed E-state index contributed by atoms with van der Waals surface area (Å²) in [6, 6.07) is 5.64. The van der Waals surface area contributed by atoms with Gasteiger partial charge in [-0.2, -0.15) is 0 Å². The van der Waals surface area contributed by atoms with E-state index in [0.717, 1.165) is 4.90 Å². The molecule has 5 nitrogen and oxygen atoms in total. The molecule has 1 amide bonds. The van der Waals surface area contributed by atoms with E-state index in [1.54, 1.807) is 0 Å². The Morgan fingerprint density at radius 3 is 2.70 bits per heavy atom. The van der Waals surface area contributed by atoms with Gasteiger partial charge in [-0.05, 0) is 36.0 Å². The second kappa shape index (κ2) is 5.79. The number of esters is 1. The minimum Gasteiger partial charge on any atom is -0.468 e. The van der Waals surface area contributed by atoms with Crippen molar-refractivity contribution < 1.29 is 18.7 Å². The number of carbonyl (C=O) groups is 2. The zero-order chi connectivity index (χ0) is 14.7. The first-order chi connectivity index (χ1) is 9.51. The van der Waals surface area contributed by atoms with Crippen LogP contribution in [0.1, 0.15) is 5.56 Å². The van der Waals surface area contributed by atoms with E-state index < -0.39 is 11.9 Å². The van der Waals surface area contributed by atoms with Gasteiger partial charge in [-0.1, -0.05) is 12.1 Å². The van der Waals surface area contributed by atoms with E-state index in [1.165, 1.54) is 37.5 Å². The van der Waals surface area contributed by atoms with E-state index in [2.05, 4.69) is 10.1 Å². The molecule has 7 heteroatoms. The lowest BCUT2D eigenvalue weighted by Crippen LogP contribution is -2.35. The fraction of sp³-hybridized carbons (Fsp3) is 0.154. The number of carbonyl (C=O) groups excluding carboxylic acids is 2. The maximum absolute atomic E-state index is 12.8. The van der Waals surface area contributed by atoms with Gasteiger partial charge in [-0.3, -0.25) is 14.5 Å². The van der Waals surface area contributed by atoms with Crippen LogP contribution < -0.4 is 5.32 Å². The quantitative estimate of drug-likeness (QED) is 0.513. The highest BCUT2D eigenvalue weighted by Crippen LogP contribution is 2.14. The average molecular weight is 294 g/mol. The molecule has 0 aromatic heterocycles. The van der Waals surface area contributed by atoms with E-state index >= 15 is 0 Å². The van der Waals surface area contributed by atoms with Crippen molar-refractivity contribution in [2.45, 2.75) is 0 Å². The van der Waals surface area contributed by atoms with E-state index in [-0.39, 0.29) is 23.2 Å². The largest absolute Gasteiger partial charge is 0.468 e. The van der Waals surface area contributed by atoms with Gasteiger partial charge in [-0.25, -0.2) is 4.39 Å². The summed E-state index contributed by atoms with van der Waals surface area (Å²) in [4.78, 5) is 24.4. The minimum atomic E-state index is -0.564. The summed E-state index contributed by atoms with van der Waals surface area (Å²) in [5.41, 5.74) is 0.871. The third-order valence-corrected chi connectivity index (χ3v) is 2.98. The number of halogens is 1. The van der Waals surface area contributed by atoms with Crippen LogP contribution in [0.2, 0.25) is 0 Å². The molecule has 0 bridgehead atoms. The molecule has 2 rings (SSSR count). The number of benzene rings is 1. The molecule has 0 radical (unpaired) electrons. The number of nitrogens with one attached hydrogen (secondary N) is 1. The third-order valence-electron chi connectivity index (χ3n) is 2.66. The standard InChI is InChI=1S/C13H11FN2O3S/c1-19-11(17)7-16-12(18)10(15-13(16)20)6-8-2-4-9(14)5-3-8/h2-6H,7H2,1H3,(H,15,20)/b10-6-. The van der Waals surface area contributed by atoms with Crippen LogP contribution in [-0.4, -0.2) is 35.5 Å². The lowest BCUT2D eigenvalue weighted by Gasteiger charge is -2.11. The van der Waals surface area contributed by atoms with Gasteiger partial charge >= 0.3 is 5.97 Å². The van der Waals surface area contributed by atoms with Gasteiger partial charge in [0, 0.05) is 0 Å². The Bertz CT molecular complexity index is 598. The van der Waals surface area contributed by atoms with E-state index in [0.29, 0.717) is 5.56 Å². The van der Waals surface area contributed by atoms with Crippen LogP contribution >= 0.6 is 12.2 Å². The Hall–Kier alpha value is -2.28. The molecule has 1 aliphatic heterocycles. The molecule has 0 spiro atoms. The lowest BCUT2D eigenvalue weighted by molar-refractivity contribution is -0.143. The normalized spacial score (nSPS) is 16.5. The summed E-state index contributed by atoms with van der Waals surface area (Å²) in [7, 11) is 1.23. The molecule has 1 aromatic carbocycles. The molecule has 0 atom stereocenters. The Balaban J connectivity index is 2.19. The molecule has 104 valence electrons. The van der Waals surface area contributed by atoms with Crippen LogP contribution in [0.15, 0.2) is 30.0 Å². The molecule has 0 saturated carbocycles. The third kappa shape index (κ3) is 3.00. The number of hydrogen-bond donors (Lipinski definition) is 1.